The highest BCUT2D eigenvalue weighted by molar-refractivity contribution is 5.96. The first-order chi connectivity index (χ1) is 11.5. The number of ether oxygens (including phenoxy) is 2. The number of aliphatic imine (C=N–C) groups is 2. The highest BCUT2D eigenvalue weighted by Crippen LogP contribution is 2.29. The van der Waals surface area contributed by atoms with Gasteiger partial charge in [-0.1, -0.05) is 31.8 Å². The maximum atomic E-state index is 8.31. The molecular weight excluding hydrogens is 306 g/mol. The zero-order valence-corrected chi connectivity index (χ0v) is 15.7. The molecule has 0 aliphatic carbocycles. The molecule has 1 heterocycles. The van der Waals surface area contributed by atoms with Gasteiger partial charge in [0.25, 0.3) is 0 Å². The van der Waals surface area contributed by atoms with Crippen LogP contribution >= 0.6 is 0 Å². The Morgan fingerprint density at radius 1 is 1.21 bits per heavy atom. The number of hydrogen-bond acceptors (Lipinski definition) is 5. The monoisotopic (exact) mass is 337 g/mol. The third-order valence-corrected chi connectivity index (χ3v) is 4.02. The fourth-order valence-corrected chi connectivity index (χ4v) is 2.74. The van der Waals surface area contributed by atoms with E-state index >= 15 is 0 Å². The summed E-state index contributed by atoms with van der Waals surface area (Å²) in [6.07, 6.45) is 3.68. The van der Waals surface area contributed by atoms with Gasteiger partial charge in [0.05, 0.1) is 13.2 Å². The molecule has 24 heavy (non-hydrogen) atoms. The molecular formula is C17H31N5O2. The van der Waals surface area contributed by atoms with E-state index in [1.165, 1.54) is 0 Å². The number of unbranched alkanes of at least 4 members (excludes halogenated alkanes) is 2. The van der Waals surface area contributed by atoms with Gasteiger partial charge in [-0.05, 0) is 45.1 Å². The minimum absolute atomic E-state index is 0.0791. The van der Waals surface area contributed by atoms with Crippen molar-refractivity contribution in [3.8, 4) is 0 Å². The van der Waals surface area contributed by atoms with Gasteiger partial charge in [-0.2, -0.15) is 0 Å². The van der Waals surface area contributed by atoms with Crippen molar-refractivity contribution in [2.45, 2.75) is 71.9 Å². The number of hydrogen-bond donors (Lipinski definition) is 0. The van der Waals surface area contributed by atoms with E-state index in [0.29, 0.717) is 37.5 Å². The molecule has 2 atom stereocenters. The van der Waals surface area contributed by atoms with Crippen LogP contribution in [0.3, 0.4) is 0 Å². The van der Waals surface area contributed by atoms with Crippen molar-refractivity contribution in [3.05, 3.63) is 10.4 Å². The van der Waals surface area contributed by atoms with Crippen LogP contribution < -0.4 is 0 Å². The average molecular weight is 337 g/mol. The minimum atomic E-state index is -0.482. The van der Waals surface area contributed by atoms with Gasteiger partial charge >= 0.3 is 0 Å². The standard InChI is InChI=1S/C17H31N5O2/c1-6-23-15-14(13(3)4)20-16(24-7-2)17(5,21-15)11-9-8-10-12-19-22-18/h13-14H,6-12H2,1-5H3/t14-,17+/m1/s1. The fourth-order valence-electron chi connectivity index (χ4n) is 2.74. The summed E-state index contributed by atoms with van der Waals surface area (Å²) in [7, 11) is 0. The molecule has 1 rings (SSSR count). The summed E-state index contributed by atoms with van der Waals surface area (Å²) in [5.41, 5.74) is 7.82. The third kappa shape index (κ3) is 5.71. The van der Waals surface area contributed by atoms with Gasteiger partial charge in [-0.15, -0.1) is 0 Å². The van der Waals surface area contributed by atoms with Crippen LogP contribution in [-0.4, -0.2) is 43.1 Å². The van der Waals surface area contributed by atoms with Crippen molar-refractivity contribution < 1.29 is 9.47 Å². The summed E-state index contributed by atoms with van der Waals surface area (Å²) in [5, 5.41) is 3.57. The summed E-state index contributed by atoms with van der Waals surface area (Å²) in [6, 6.07) is -0.0791. The second-order valence-corrected chi connectivity index (χ2v) is 6.48. The van der Waals surface area contributed by atoms with Crippen LogP contribution in [0.1, 0.15) is 60.3 Å². The van der Waals surface area contributed by atoms with Crippen molar-refractivity contribution >= 4 is 11.8 Å². The number of nitrogens with zero attached hydrogens (tertiary/aromatic N) is 5. The molecule has 0 radical (unpaired) electrons. The molecule has 7 nitrogen and oxygen atoms in total. The summed E-state index contributed by atoms with van der Waals surface area (Å²) in [6.45, 7) is 11.9. The first-order valence-corrected chi connectivity index (χ1v) is 8.93. The predicted octanol–water partition coefficient (Wildman–Crippen LogP) is 4.52. The molecule has 0 saturated heterocycles. The van der Waals surface area contributed by atoms with Crippen LogP contribution in [0.15, 0.2) is 15.1 Å². The molecule has 1 aliphatic rings. The van der Waals surface area contributed by atoms with E-state index < -0.39 is 5.54 Å². The minimum Gasteiger partial charge on any atom is -0.480 e. The van der Waals surface area contributed by atoms with Crippen LogP contribution in [0.4, 0.5) is 0 Å². The zero-order valence-electron chi connectivity index (χ0n) is 15.7. The molecule has 7 heteroatoms. The summed E-state index contributed by atoms with van der Waals surface area (Å²) in [5.74, 6) is 1.73. The predicted molar refractivity (Wildman–Crippen MR) is 97.6 cm³/mol. The molecule has 0 unspecified atom stereocenters. The second-order valence-electron chi connectivity index (χ2n) is 6.48. The van der Waals surface area contributed by atoms with E-state index in [0.717, 1.165) is 25.7 Å². The highest BCUT2D eigenvalue weighted by Gasteiger charge is 2.39. The van der Waals surface area contributed by atoms with Crippen LogP contribution in [-0.2, 0) is 9.47 Å². The maximum absolute atomic E-state index is 8.31. The van der Waals surface area contributed by atoms with E-state index in [1.807, 2.05) is 13.8 Å². The summed E-state index contributed by atoms with van der Waals surface area (Å²) in [4.78, 5) is 12.5. The van der Waals surface area contributed by atoms with E-state index in [4.69, 9.17) is 25.0 Å². The van der Waals surface area contributed by atoms with Crippen molar-refractivity contribution in [2.75, 3.05) is 19.8 Å². The number of azide groups is 1. The van der Waals surface area contributed by atoms with E-state index in [-0.39, 0.29) is 6.04 Å². The van der Waals surface area contributed by atoms with Crippen molar-refractivity contribution in [2.24, 2.45) is 21.0 Å². The molecule has 0 saturated carbocycles. The van der Waals surface area contributed by atoms with Gasteiger partial charge < -0.3 is 9.47 Å². The second kappa shape index (κ2) is 10.2. The Morgan fingerprint density at radius 3 is 2.50 bits per heavy atom. The van der Waals surface area contributed by atoms with Crippen molar-refractivity contribution in [3.63, 3.8) is 0 Å². The molecule has 136 valence electrons. The Labute approximate surface area is 145 Å². The van der Waals surface area contributed by atoms with Gasteiger partial charge in [0.2, 0.25) is 11.8 Å². The normalized spacial score (nSPS) is 23.3. The molecule has 0 bridgehead atoms. The first kappa shape index (κ1) is 20.3. The highest BCUT2D eigenvalue weighted by atomic mass is 16.5. The summed E-state index contributed by atoms with van der Waals surface area (Å²) < 4.78 is 11.6. The van der Waals surface area contributed by atoms with Crippen LogP contribution in [0.25, 0.3) is 10.4 Å². The van der Waals surface area contributed by atoms with Crippen molar-refractivity contribution in [1.29, 1.82) is 0 Å². The van der Waals surface area contributed by atoms with Crippen LogP contribution in [0, 0.1) is 5.92 Å². The molecule has 1 aliphatic heterocycles. The van der Waals surface area contributed by atoms with Crippen LogP contribution in [0.2, 0.25) is 0 Å². The third-order valence-electron chi connectivity index (χ3n) is 4.02. The smallest absolute Gasteiger partial charge is 0.212 e. The lowest BCUT2D eigenvalue weighted by Crippen LogP contribution is -2.45. The van der Waals surface area contributed by atoms with Gasteiger partial charge in [0.1, 0.15) is 11.6 Å². The quantitative estimate of drug-likeness (QED) is 0.268. The molecule has 0 aromatic heterocycles. The Bertz CT molecular complexity index is 497. The number of rotatable bonds is 9. The SMILES string of the molecule is CCOC1=N[C@@](C)(CCCCCN=[N+]=[N-])C(OCC)=N[C@@H]1C(C)C. The Morgan fingerprint density at radius 2 is 1.92 bits per heavy atom. The topological polar surface area (TPSA) is 91.9 Å². The van der Waals surface area contributed by atoms with Gasteiger partial charge in [-0.3, -0.25) is 0 Å². The largest absolute Gasteiger partial charge is 0.480 e. The lowest BCUT2D eigenvalue weighted by molar-refractivity contribution is 0.254. The Balaban J connectivity index is 2.85. The molecule has 0 aromatic carbocycles. The van der Waals surface area contributed by atoms with Gasteiger partial charge in [0, 0.05) is 11.5 Å². The molecule has 0 aromatic rings. The fraction of sp³-hybridized carbons (Fsp3) is 0.882. The van der Waals surface area contributed by atoms with E-state index in [9.17, 15) is 0 Å². The van der Waals surface area contributed by atoms with Gasteiger partial charge in [-0.25, -0.2) is 9.98 Å². The Kier molecular flexibility index (Phi) is 8.61. The molecule has 0 amide bonds. The first-order valence-electron chi connectivity index (χ1n) is 8.93. The average Bonchev–Trinajstić information content (AvgIpc) is 2.53. The summed E-state index contributed by atoms with van der Waals surface area (Å²) >= 11 is 0. The lowest BCUT2D eigenvalue weighted by atomic mass is 9.91. The lowest BCUT2D eigenvalue weighted by Gasteiger charge is -2.34. The Hall–Kier alpha value is -1.75. The zero-order chi connectivity index (χ0) is 18.0. The van der Waals surface area contributed by atoms with Crippen molar-refractivity contribution in [1.82, 2.24) is 0 Å². The van der Waals surface area contributed by atoms with Crippen LogP contribution in [0.5, 0.6) is 0 Å². The van der Waals surface area contributed by atoms with Gasteiger partial charge in [0.15, 0.2) is 0 Å². The maximum Gasteiger partial charge on any atom is 0.212 e. The van der Waals surface area contributed by atoms with E-state index in [2.05, 4.69) is 30.8 Å². The molecule has 0 spiro atoms. The van der Waals surface area contributed by atoms with E-state index in [1.54, 1.807) is 0 Å². The molecule has 0 N–H and O–H groups in total. The molecule has 0 fully saturated rings.